The van der Waals surface area contributed by atoms with Crippen LogP contribution in [0.5, 0.6) is 0 Å². The predicted molar refractivity (Wildman–Crippen MR) is 74.4 cm³/mol. The van der Waals surface area contributed by atoms with Crippen molar-refractivity contribution in [3.63, 3.8) is 0 Å². The maximum absolute atomic E-state index is 12.7. The van der Waals surface area contributed by atoms with Crippen molar-refractivity contribution in [2.24, 2.45) is 5.92 Å². The highest BCUT2D eigenvalue weighted by Crippen LogP contribution is 2.24. The summed E-state index contributed by atoms with van der Waals surface area (Å²) in [6, 6.07) is 0.0889. The Balaban J connectivity index is 2.03. The standard InChI is InChI=1S/C14H26N2O4/c1-4-15-12-8-19-7-11(12)13(18)16-5-10(6-17)20-14(2,3)9-16/h10-12,15,17H,4-9H2,1-3H3. The third kappa shape index (κ3) is 3.49. The second kappa shape index (κ2) is 6.39. The van der Waals surface area contributed by atoms with E-state index in [2.05, 4.69) is 5.32 Å². The van der Waals surface area contributed by atoms with Crippen LogP contribution in [0.1, 0.15) is 20.8 Å². The first-order chi connectivity index (χ1) is 9.46. The molecule has 116 valence electrons. The van der Waals surface area contributed by atoms with Gasteiger partial charge in [-0.15, -0.1) is 0 Å². The van der Waals surface area contributed by atoms with Crippen molar-refractivity contribution in [2.75, 3.05) is 39.5 Å². The number of morpholine rings is 1. The second-order valence-corrected chi connectivity index (χ2v) is 6.21. The number of nitrogens with zero attached hydrogens (tertiary/aromatic N) is 1. The molecule has 6 nitrogen and oxygen atoms in total. The van der Waals surface area contributed by atoms with E-state index in [9.17, 15) is 9.90 Å². The van der Waals surface area contributed by atoms with E-state index < -0.39 is 5.60 Å². The normalized spacial score (nSPS) is 33.4. The van der Waals surface area contributed by atoms with Crippen LogP contribution in [-0.2, 0) is 14.3 Å². The molecule has 0 bridgehead atoms. The van der Waals surface area contributed by atoms with Gasteiger partial charge < -0.3 is 24.8 Å². The minimum Gasteiger partial charge on any atom is -0.394 e. The van der Waals surface area contributed by atoms with Crippen LogP contribution in [0.2, 0.25) is 0 Å². The molecule has 0 radical (unpaired) electrons. The molecule has 2 saturated heterocycles. The van der Waals surface area contributed by atoms with Crippen LogP contribution in [0.15, 0.2) is 0 Å². The lowest BCUT2D eigenvalue weighted by Gasteiger charge is -2.43. The van der Waals surface area contributed by atoms with E-state index in [1.807, 2.05) is 25.7 Å². The molecule has 1 amide bonds. The lowest BCUT2D eigenvalue weighted by atomic mass is 9.98. The summed E-state index contributed by atoms with van der Waals surface area (Å²) in [6.45, 7) is 8.74. The molecule has 2 heterocycles. The van der Waals surface area contributed by atoms with Crippen LogP contribution in [0.4, 0.5) is 0 Å². The van der Waals surface area contributed by atoms with Gasteiger partial charge in [0.1, 0.15) is 0 Å². The summed E-state index contributed by atoms with van der Waals surface area (Å²) in [5.41, 5.74) is -0.422. The van der Waals surface area contributed by atoms with Crippen LogP contribution in [-0.4, -0.2) is 73.1 Å². The van der Waals surface area contributed by atoms with Gasteiger partial charge in [-0.05, 0) is 20.4 Å². The number of amides is 1. The number of ether oxygens (including phenoxy) is 2. The molecule has 2 aliphatic heterocycles. The Kier molecular flexibility index (Phi) is 5.01. The molecule has 0 aromatic carbocycles. The Morgan fingerprint density at radius 3 is 2.85 bits per heavy atom. The van der Waals surface area contributed by atoms with Crippen LogP contribution in [0.3, 0.4) is 0 Å². The highest BCUT2D eigenvalue weighted by molar-refractivity contribution is 5.80. The first-order valence-electron chi connectivity index (χ1n) is 7.35. The molecule has 0 aromatic rings. The molecule has 20 heavy (non-hydrogen) atoms. The number of carbonyl (C=O) groups excluding carboxylic acids is 1. The molecule has 3 unspecified atom stereocenters. The van der Waals surface area contributed by atoms with E-state index in [1.165, 1.54) is 0 Å². The van der Waals surface area contributed by atoms with Crippen LogP contribution < -0.4 is 5.32 Å². The molecule has 2 fully saturated rings. The summed E-state index contributed by atoms with van der Waals surface area (Å²) in [5.74, 6) is -0.0357. The zero-order valence-corrected chi connectivity index (χ0v) is 12.6. The first-order valence-corrected chi connectivity index (χ1v) is 7.35. The zero-order chi connectivity index (χ0) is 14.8. The van der Waals surface area contributed by atoms with Crippen molar-refractivity contribution in [3.05, 3.63) is 0 Å². The summed E-state index contributed by atoms with van der Waals surface area (Å²) >= 11 is 0. The molecule has 0 saturated carbocycles. The molecule has 3 atom stereocenters. The number of nitrogens with one attached hydrogen (secondary N) is 1. The van der Waals surface area contributed by atoms with Crippen LogP contribution in [0.25, 0.3) is 0 Å². The average Bonchev–Trinajstić information content (AvgIpc) is 2.84. The second-order valence-electron chi connectivity index (χ2n) is 6.21. The number of hydrogen-bond donors (Lipinski definition) is 2. The fourth-order valence-corrected chi connectivity index (χ4v) is 3.05. The molecular formula is C14H26N2O4. The average molecular weight is 286 g/mol. The maximum Gasteiger partial charge on any atom is 0.229 e. The Labute approximate surface area is 120 Å². The number of rotatable bonds is 4. The summed E-state index contributed by atoms with van der Waals surface area (Å²) in [4.78, 5) is 14.5. The summed E-state index contributed by atoms with van der Waals surface area (Å²) < 4.78 is 11.2. The number of aliphatic hydroxyl groups is 1. The van der Waals surface area contributed by atoms with Crippen molar-refractivity contribution in [3.8, 4) is 0 Å². The molecule has 2 rings (SSSR count). The highest BCUT2D eigenvalue weighted by Gasteiger charge is 2.41. The molecule has 0 spiro atoms. The summed E-state index contributed by atoms with van der Waals surface area (Å²) in [6.07, 6.45) is -0.303. The van der Waals surface area contributed by atoms with Gasteiger partial charge >= 0.3 is 0 Å². The van der Waals surface area contributed by atoms with Gasteiger partial charge in [0.2, 0.25) is 5.91 Å². The molecule has 0 aliphatic carbocycles. The third-order valence-electron chi connectivity index (χ3n) is 3.86. The van der Waals surface area contributed by atoms with Gasteiger partial charge in [0.15, 0.2) is 0 Å². The Hall–Kier alpha value is -0.690. The number of likely N-dealkylation sites (N-methyl/N-ethyl adjacent to an activating group) is 1. The Morgan fingerprint density at radius 1 is 1.45 bits per heavy atom. The molecular weight excluding hydrogens is 260 g/mol. The van der Waals surface area contributed by atoms with Crippen molar-refractivity contribution in [2.45, 2.75) is 38.5 Å². The zero-order valence-electron chi connectivity index (χ0n) is 12.6. The molecule has 6 heteroatoms. The fourth-order valence-electron chi connectivity index (χ4n) is 3.05. The highest BCUT2D eigenvalue weighted by atomic mass is 16.5. The van der Waals surface area contributed by atoms with Crippen molar-refractivity contribution in [1.82, 2.24) is 10.2 Å². The van der Waals surface area contributed by atoms with E-state index in [0.717, 1.165) is 6.54 Å². The van der Waals surface area contributed by atoms with Crippen LogP contribution in [0, 0.1) is 5.92 Å². The van der Waals surface area contributed by atoms with Gasteiger partial charge in [0.05, 0.1) is 37.4 Å². The summed E-state index contributed by atoms with van der Waals surface area (Å²) in [7, 11) is 0. The third-order valence-corrected chi connectivity index (χ3v) is 3.86. The molecule has 2 aliphatic rings. The number of carbonyl (C=O) groups is 1. The number of hydrogen-bond acceptors (Lipinski definition) is 5. The van der Waals surface area contributed by atoms with Gasteiger partial charge in [-0.1, -0.05) is 6.92 Å². The fraction of sp³-hybridized carbons (Fsp3) is 0.929. The minimum atomic E-state index is -0.422. The quantitative estimate of drug-likeness (QED) is 0.736. The molecule has 0 aromatic heterocycles. The van der Waals surface area contributed by atoms with Gasteiger partial charge in [0, 0.05) is 19.1 Å². The summed E-state index contributed by atoms with van der Waals surface area (Å²) in [5, 5.41) is 12.6. The monoisotopic (exact) mass is 286 g/mol. The van der Waals surface area contributed by atoms with Crippen LogP contribution >= 0.6 is 0 Å². The molecule has 2 N–H and O–H groups in total. The SMILES string of the molecule is CCNC1COCC1C(=O)N1CC(CO)OC(C)(C)C1. The first kappa shape index (κ1) is 15.7. The predicted octanol–water partition coefficient (Wildman–Crippen LogP) is -0.391. The van der Waals surface area contributed by atoms with Gasteiger partial charge in [-0.25, -0.2) is 0 Å². The van der Waals surface area contributed by atoms with E-state index in [4.69, 9.17) is 9.47 Å². The number of aliphatic hydroxyl groups excluding tert-OH is 1. The van der Waals surface area contributed by atoms with Crippen molar-refractivity contribution < 1.29 is 19.4 Å². The van der Waals surface area contributed by atoms with Gasteiger partial charge in [-0.3, -0.25) is 4.79 Å². The largest absolute Gasteiger partial charge is 0.394 e. The lowest BCUT2D eigenvalue weighted by Crippen LogP contribution is -2.58. The van der Waals surface area contributed by atoms with E-state index in [0.29, 0.717) is 26.3 Å². The minimum absolute atomic E-state index is 0.0645. The maximum atomic E-state index is 12.7. The lowest BCUT2D eigenvalue weighted by molar-refractivity contribution is -0.170. The van der Waals surface area contributed by atoms with E-state index in [1.54, 1.807) is 0 Å². The Morgan fingerprint density at radius 2 is 2.20 bits per heavy atom. The Bertz CT molecular complexity index is 348. The van der Waals surface area contributed by atoms with Gasteiger partial charge in [-0.2, -0.15) is 0 Å². The van der Waals surface area contributed by atoms with Crippen molar-refractivity contribution >= 4 is 5.91 Å². The topological polar surface area (TPSA) is 71.0 Å². The van der Waals surface area contributed by atoms with Crippen molar-refractivity contribution in [1.29, 1.82) is 0 Å². The van der Waals surface area contributed by atoms with E-state index >= 15 is 0 Å². The smallest absolute Gasteiger partial charge is 0.229 e. The van der Waals surface area contributed by atoms with E-state index in [-0.39, 0.29) is 30.6 Å². The van der Waals surface area contributed by atoms with Gasteiger partial charge in [0.25, 0.3) is 0 Å².